The molecule has 0 spiro atoms. The second-order valence-electron chi connectivity index (χ2n) is 4.12. The molecular weight excluding hydrogens is 284 g/mol. The zero-order chi connectivity index (χ0) is 13.6. The van der Waals surface area contributed by atoms with Gasteiger partial charge in [-0.05, 0) is 29.6 Å². The van der Waals surface area contributed by atoms with Gasteiger partial charge in [-0.15, -0.1) is 11.3 Å². The lowest BCUT2D eigenvalue weighted by Gasteiger charge is -1.95. The second kappa shape index (κ2) is 4.07. The van der Waals surface area contributed by atoms with Gasteiger partial charge in [-0.1, -0.05) is 0 Å². The van der Waals surface area contributed by atoms with Gasteiger partial charge in [0, 0.05) is 6.26 Å². The van der Waals surface area contributed by atoms with Gasteiger partial charge in [0.25, 0.3) is 0 Å². The highest BCUT2D eigenvalue weighted by molar-refractivity contribution is 7.90. The monoisotopic (exact) mass is 294 g/mol. The Bertz CT molecular complexity index is 862. The number of nitrogen functional groups attached to an aromatic ring is 1. The first kappa shape index (κ1) is 12.2. The highest BCUT2D eigenvalue weighted by Crippen LogP contribution is 2.32. The van der Waals surface area contributed by atoms with Crippen LogP contribution in [-0.2, 0) is 9.84 Å². The van der Waals surface area contributed by atoms with Crippen molar-refractivity contribution in [1.82, 2.24) is 4.98 Å². The third-order valence-electron chi connectivity index (χ3n) is 2.71. The van der Waals surface area contributed by atoms with Crippen molar-refractivity contribution in [1.29, 1.82) is 0 Å². The van der Waals surface area contributed by atoms with Gasteiger partial charge in [0.2, 0.25) is 5.89 Å². The number of nitrogens with two attached hydrogens (primary N) is 1. The van der Waals surface area contributed by atoms with Crippen LogP contribution in [0.3, 0.4) is 0 Å². The maximum absolute atomic E-state index is 11.5. The summed E-state index contributed by atoms with van der Waals surface area (Å²) in [5.74, 6) is 0.402. The number of oxazole rings is 1. The summed E-state index contributed by atoms with van der Waals surface area (Å²) in [6, 6.07) is 6.43. The molecule has 0 amide bonds. The molecule has 2 heterocycles. The average Bonchev–Trinajstić information content (AvgIpc) is 2.91. The van der Waals surface area contributed by atoms with Crippen LogP contribution in [-0.4, -0.2) is 19.7 Å². The first-order valence-electron chi connectivity index (χ1n) is 5.39. The molecule has 98 valence electrons. The molecule has 0 aliphatic carbocycles. The second-order valence-corrected chi connectivity index (χ2v) is 7.08. The van der Waals surface area contributed by atoms with Gasteiger partial charge in [0.05, 0.1) is 15.5 Å². The number of hydrogen-bond acceptors (Lipinski definition) is 6. The van der Waals surface area contributed by atoms with Crippen LogP contribution in [0.25, 0.3) is 22.6 Å². The molecule has 1 aromatic carbocycles. The molecule has 0 saturated carbocycles. The van der Waals surface area contributed by atoms with Crippen LogP contribution in [0, 0.1) is 0 Å². The Balaban J connectivity index is 2.19. The molecule has 3 rings (SSSR count). The molecule has 0 atom stereocenters. The molecule has 0 aliphatic heterocycles. The molecule has 2 N–H and O–H groups in total. The van der Waals surface area contributed by atoms with E-state index < -0.39 is 9.84 Å². The van der Waals surface area contributed by atoms with Gasteiger partial charge in [0.15, 0.2) is 15.4 Å². The van der Waals surface area contributed by atoms with E-state index in [2.05, 4.69) is 4.98 Å². The van der Waals surface area contributed by atoms with E-state index in [-0.39, 0.29) is 4.90 Å². The minimum absolute atomic E-state index is 0.221. The first-order chi connectivity index (χ1) is 8.95. The molecule has 19 heavy (non-hydrogen) atoms. The molecule has 0 bridgehead atoms. The van der Waals surface area contributed by atoms with E-state index in [4.69, 9.17) is 10.2 Å². The van der Waals surface area contributed by atoms with Crippen molar-refractivity contribution in [2.45, 2.75) is 4.90 Å². The summed E-state index contributed by atoms with van der Waals surface area (Å²) in [5.41, 5.74) is 7.58. The summed E-state index contributed by atoms with van der Waals surface area (Å²) in [7, 11) is -3.25. The molecule has 0 aliphatic rings. The van der Waals surface area contributed by atoms with Crippen LogP contribution >= 0.6 is 11.3 Å². The van der Waals surface area contributed by atoms with Gasteiger partial charge in [-0.2, -0.15) is 0 Å². The first-order valence-corrected chi connectivity index (χ1v) is 8.16. The lowest BCUT2D eigenvalue weighted by molar-refractivity contribution is 0.602. The van der Waals surface area contributed by atoms with E-state index in [0.29, 0.717) is 22.0 Å². The fourth-order valence-electron chi connectivity index (χ4n) is 1.75. The summed E-state index contributed by atoms with van der Waals surface area (Å²) in [6.45, 7) is 0. The van der Waals surface area contributed by atoms with E-state index in [1.54, 1.807) is 6.07 Å². The van der Waals surface area contributed by atoms with Crippen LogP contribution in [0.4, 0.5) is 5.00 Å². The minimum Gasteiger partial charge on any atom is -0.436 e. The van der Waals surface area contributed by atoms with E-state index in [1.807, 2.05) is 11.4 Å². The number of sulfone groups is 1. The molecule has 0 radical (unpaired) electrons. The van der Waals surface area contributed by atoms with Crippen LogP contribution < -0.4 is 5.73 Å². The molecule has 7 heteroatoms. The molecule has 2 aromatic heterocycles. The van der Waals surface area contributed by atoms with Crippen molar-refractivity contribution in [2.24, 2.45) is 0 Å². The Morgan fingerprint density at radius 3 is 2.74 bits per heavy atom. The number of thiophene rings is 1. The van der Waals surface area contributed by atoms with E-state index in [0.717, 1.165) is 11.8 Å². The van der Waals surface area contributed by atoms with Crippen molar-refractivity contribution in [3.63, 3.8) is 0 Å². The zero-order valence-electron chi connectivity index (χ0n) is 9.95. The van der Waals surface area contributed by atoms with Gasteiger partial charge >= 0.3 is 0 Å². The summed E-state index contributed by atoms with van der Waals surface area (Å²) in [5, 5.41) is 2.47. The smallest absolute Gasteiger partial charge is 0.230 e. The fourth-order valence-corrected chi connectivity index (χ4v) is 3.02. The number of aromatic nitrogens is 1. The fraction of sp³-hybridized carbons (Fsp3) is 0.0833. The topological polar surface area (TPSA) is 86.2 Å². The quantitative estimate of drug-likeness (QED) is 0.785. The summed E-state index contributed by atoms with van der Waals surface area (Å²) in [4.78, 5) is 4.51. The summed E-state index contributed by atoms with van der Waals surface area (Å²) < 4.78 is 28.6. The Hall–Kier alpha value is -1.86. The standard InChI is InChI=1S/C12H10N2O3S2/c1-19(15,16)7-2-3-10-9(6-7)14-12(17-10)8-4-5-18-11(8)13/h2-6H,13H2,1H3. The Morgan fingerprint density at radius 2 is 2.11 bits per heavy atom. The molecule has 0 saturated heterocycles. The van der Waals surface area contributed by atoms with Crippen LogP contribution in [0.1, 0.15) is 0 Å². The normalized spacial score (nSPS) is 12.1. The number of nitrogens with zero attached hydrogens (tertiary/aromatic N) is 1. The number of benzene rings is 1. The van der Waals surface area contributed by atoms with Gasteiger partial charge < -0.3 is 10.2 Å². The SMILES string of the molecule is CS(=O)(=O)c1ccc2oc(-c3ccsc3N)nc2c1. The number of anilines is 1. The highest BCUT2D eigenvalue weighted by atomic mass is 32.2. The van der Waals surface area contributed by atoms with E-state index >= 15 is 0 Å². The summed E-state index contributed by atoms with van der Waals surface area (Å²) in [6.07, 6.45) is 1.16. The van der Waals surface area contributed by atoms with E-state index in [9.17, 15) is 8.42 Å². The van der Waals surface area contributed by atoms with Gasteiger partial charge in [-0.25, -0.2) is 13.4 Å². The molecule has 0 fully saturated rings. The lowest BCUT2D eigenvalue weighted by Crippen LogP contribution is -1.95. The number of hydrogen-bond donors (Lipinski definition) is 1. The largest absolute Gasteiger partial charge is 0.436 e. The maximum atomic E-state index is 11.5. The van der Waals surface area contributed by atoms with Gasteiger partial charge in [-0.3, -0.25) is 0 Å². The zero-order valence-corrected chi connectivity index (χ0v) is 11.6. The van der Waals surface area contributed by atoms with Crippen molar-refractivity contribution in [2.75, 3.05) is 12.0 Å². The van der Waals surface area contributed by atoms with E-state index in [1.165, 1.54) is 23.5 Å². The van der Waals surface area contributed by atoms with Gasteiger partial charge in [0.1, 0.15) is 5.52 Å². The highest BCUT2D eigenvalue weighted by Gasteiger charge is 2.14. The minimum atomic E-state index is -3.25. The van der Waals surface area contributed by atoms with Crippen molar-refractivity contribution >= 4 is 37.3 Å². The predicted octanol–water partition coefficient (Wildman–Crippen LogP) is 2.54. The van der Waals surface area contributed by atoms with Crippen molar-refractivity contribution in [3.8, 4) is 11.5 Å². The van der Waals surface area contributed by atoms with Crippen LogP contribution in [0.15, 0.2) is 39.0 Å². The average molecular weight is 294 g/mol. The van der Waals surface area contributed by atoms with Crippen molar-refractivity contribution in [3.05, 3.63) is 29.6 Å². The number of fused-ring (bicyclic) bond motifs is 1. The Kier molecular flexibility index (Phi) is 2.61. The van der Waals surface area contributed by atoms with Crippen molar-refractivity contribution < 1.29 is 12.8 Å². The Labute approximate surface area is 113 Å². The third kappa shape index (κ3) is 2.11. The molecule has 0 unspecified atom stereocenters. The van der Waals surface area contributed by atoms with Crippen LogP contribution in [0.2, 0.25) is 0 Å². The van der Waals surface area contributed by atoms with Crippen LogP contribution in [0.5, 0.6) is 0 Å². The molecule has 5 nitrogen and oxygen atoms in total. The molecular formula is C12H10N2O3S2. The third-order valence-corrected chi connectivity index (χ3v) is 4.57. The molecule has 3 aromatic rings. The number of rotatable bonds is 2. The summed E-state index contributed by atoms with van der Waals surface area (Å²) >= 11 is 1.40. The maximum Gasteiger partial charge on any atom is 0.230 e. The predicted molar refractivity (Wildman–Crippen MR) is 74.8 cm³/mol. The lowest BCUT2D eigenvalue weighted by atomic mass is 10.3. The Morgan fingerprint density at radius 1 is 1.32 bits per heavy atom.